The molecule has 1 atom stereocenters. The molecule has 8 heteroatoms. The zero-order valence-electron chi connectivity index (χ0n) is 18.1. The molecule has 3 amide bonds. The van der Waals surface area contributed by atoms with E-state index in [0.29, 0.717) is 43.3 Å². The molecule has 8 nitrogen and oxygen atoms in total. The van der Waals surface area contributed by atoms with Crippen molar-refractivity contribution in [2.24, 2.45) is 0 Å². The van der Waals surface area contributed by atoms with Gasteiger partial charge in [-0.05, 0) is 36.4 Å². The molecule has 0 radical (unpaired) electrons. The van der Waals surface area contributed by atoms with Crippen molar-refractivity contribution in [1.29, 1.82) is 0 Å². The van der Waals surface area contributed by atoms with Crippen molar-refractivity contribution >= 4 is 23.4 Å². The molecule has 2 saturated heterocycles. The number of ether oxygens (including phenoxy) is 2. The normalized spacial score (nSPS) is 19.3. The number of hydrogen-bond donors (Lipinski definition) is 0. The van der Waals surface area contributed by atoms with Crippen LogP contribution in [0.2, 0.25) is 0 Å². The summed E-state index contributed by atoms with van der Waals surface area (Å²) in [5.74, 6) is -0.305. The minimum atomic E-state index is -0.835. The van der Waals surface area contributed by atoms with Crippen LogP contribution in [-0.4, -0.2) is 80.1 Å². The first-order valence-electron chi connectivity index (χ1n) is 10.8. The molecule has 2 aromatic carbocycles. The number of nitrogens with zero attached hydrogens (tertiary/aromatic N) is 3. The summed E-state index contributed by atoms with van der Waals surface area (Å²) in [5.41, 5.74) is 0.973. The molecule has 2 heterocycles. The Balaban J connectivity index is 1.58. The molecule has 4 rings (SSSR count). The highest BCUT2D eigenvalue weighted by molar-refractivity contribution is 6.23. The molecule has 2 aliphatic rings. The summed E-state index contributed by atoms with van der Waals surface area (Å²) in [6, 6.07) is 14.8. The van der Waals surface area contributed by atoms with Gasteiger partial charge in [-0.1, -0.05) is 18.2 Å². The van der Waals surface area contributed by atoms with Crippen molar-refractivity contribution in [3.05, 3.63) is 60.2 Å². The van der Waals surface area contributed by atoms with Crippen LogP contribution in [0.5, 0.6) is 5.75 Å². The van der Waals surface area contributed by atoms with E-state index in [2.05, 4.69) is 4.90 Å². The molecule has 2 aromatic rings. The van der Waals surface area contributed by atoms with Crippen LogP contribution in [0.15, 0.2) is 54.6 Å². The predicted molar refractivity (Wildman–Crippen MR) is 119 cm³/mol. The molecular weight excluding hydrogens is 410 g/mol. The zero-order chi connectivity index (χ0) is 22.5. The maximum absolute atomic E-state index is 13.5. The van der Waals surface area contributed by atoms with Gasteiger partial charge >= 0.3 is 0 Å². The fourth-order valence-corrected chi connectivity index (χ4v) is 4.08. The third kappa shape index (κ3) is 4.66. The number of carbonyl (C=O) groups is 3. The van der Waals surface area contributed by atoms with E-state index in [1.54, 1.807) is 60.5 Å². The summed E-state index contributed by atoms with van der Waals surface area (Å²) in [6.45, 7) is 3.80. The number of carbonyl (C=O) groups excluding carboxylic acids is 3. The monoisotopic (exact) mass is 437 g/mol. The molecule has 0 bridgehead atoms. The Labute approximate surface area is 187 Å². The lowest BCUT2D eigenvalue weighted by Crippen LogP contribution is -2.49. The van der Waals surface area contributed by atoms with Crippen LogP contribution in [0, 0.1) is 0 Å². The molecule has 32 heavy (non-hydrogen) atoms. The second-order valence-corrected chi connectivity index (χ2v) is 7.80. The van der Waals surface area contributed by atoms with Crippen LogP contribution in [0.1, 0.15) is 16.8 Å². The summed E-state index contributed by atoms with van der Waals surface area (Å²) in [5, 5.41) is 0. The number of hydrogen-bond acceptors (Lipinski definition) is 6. The molecule has 0 aromatic heterocycles. The molecule has 0 saturated carbocycles. The van der Waals surface area contributed by atoms with Gasteiger partial charge in [-0.3, -0.25) is 19.3 Å². The highest BCUT2D eigenvalue weighted by atomic mass is 16.5. The highest BCUT2D eigenvalue weighted by Gasteiger charge is 2.44. The van der Waals surface area contributed by atoms with E-state index >= 15 is 0 Å². The van der Waals surface area contributed by atoms with E-state index in [4.69, 9.17) is 9.47 Å². The average molecular weight is 437 g/mol. The van der Waals surface area contributed by atoms with Gasteiger partial charge in [-0.15, -0.1) is 0 Å². The van der Waals surface area contributed by atoms with Crippen molar-refractivity contribution < 1.29 is 23.9 Å². The Kier molecular flexibility index (Phi) is 6.82. The Bertz CT molecular complexity index is 957. The largest absolute Gasteiger partial charge is 0.497 e. The number of anilines is 1. The first-order valence-corrected chi connectivity index (χ1v) is 10.8. The van der Waals surface area contributed by atoms with E-state index in [9.17, 15) is 14.4 Å². The van der Waals surface area contributed by atoms with E-state index in [-0.39, 0.29) is 24.1 Å². The van der Waals surface area contributed by atoms with Crippen LogP contribution in [0.3, 0.4) is 0 Å². The van der Waals surface area contributed by atoms with Crippen molar-refractivity contribution in [3.63, 3.8) is 0 Å². The maximum atomic E-state index is 13.5. The third-order valence-electron chi connectivity index (χ3n) is 5.87. The topological polar surface area (TPSA) is 79.4 Å². The van der Waals surface area contributed by atoms with Crippen LogP contribution in [0.25, 0.3) is 0 Å². The lowest BCUT2D eigenvalue weighted by atomic mass is 10.1. The van der Waals surface area contributed by atoms with Gasteiger partial charge in [0.25, 0.3) is 11.8 Å². The number of methoxy groups -OCH3 is 1. The van der Waals surface area contributed by atoms with Gasteiger partial charge in [0.2, 0.25) is 5.91 Å². The molecule has 168 valence electrons. The Morgan fingerprint density at radius 3 is 2.41 bits per heavy atom. The Hall–Kier alpha value is -3.23. The first kappa shape index (κ1) is 22.0. The summed E-state index contributed by atoms with van der Waals surface area (Å²) in [6.07, 6.45) is -0.0290. The fraction of sp³-hybridized carbons (Fsp3) is 0.375. The van der Waals surface area contributed by atoms with Crippen LogP contribution < -0.4 is 9.64 Å². The van der Waals surface area contributed by atoms with Gasteiger partial charge in [-0.2, -0.15) is 0 Å². The van der Waals surface area contributed by atoms with Crippen LogP contribution in [0.4, 0.5) is 5.69 Å². The minimum absolute atomic E-state index is 0.0290. The Morgan fingerprint density at radius 1 is 1.06 bits per heavy atom. The van der Waals surface area contributed by atoms with E-state index in [1.807, 2.05) is 6.07 Å². The van der Waals surface area contributed by atoms with Gasteiger partial charge in [0.15, 0.2) is 0 Å². The molecule has 0 spiro atoms. The van der Waals surface area contributed by atoms with Crippen molar-refractivity contribution in [2.45, 2.75) is 12.5 Å². The smallest absolute Gasteiger partial charge is 0.257 e. The number of morpholine rings is 1. The molecule has 0 N–H and O–H groups in total. The highest BCUT2D eigenvalue weighted by Crippen LogP contribution is 2.27. The van der Waals surface area contributed by atoms with Gasteiger partial charge in [0.1, 0.15) is 11.8 Å². The molecule has 1 unspecified atom stereocenters. The number of rotatable bonds is 7. The predicted octanol–water partition coefficient (Wildman–Crippen LogP) is 1.80. The zero-order valence-corrected chi connectivity index (χ0v) is 18.1. The number of benzene rings is 2. The quantitative estimate of drug-likeness (QED) is 0.615. The summed E-state index contributed by atoms with van der Waals surface area (Å²) >= 11 is 0. The van der Waals surface area contributed by atoms with Crippen molar-refractivity contribution in [1.82, 2.24) is 9.80 Å². The summed E-state index contributed by atoms with van der Waals surface area (Å²) in [4.78, 5) is 44.5. The second-order valence-electron chi connectivity index (χ2n) is 7.80. The summed E-state index contributed by atoms with van der Waals surface area (Å²) in [7, 11) is 1.56. The fourth-order valence-electron chi connectivity index (χ4n) is 4.08. The first-order chi connectivity index (χ1) is 15.6. The van der Waals surface area contributed by atoms with Gasteiger partial charge in [0.05, 0.1) is 32.4 Å². The van der Waals surface area contributed by atoms with E-state index < -0.39 is 6.04 Å². The number of amides is 3. The molecule has 0 aliphatic carbocycles. The molecular formula is C24H27N3O5. The molecule has 2 fully saturated rings. The SMILES string of the molecule is COc1ccc(C(=O)N(CCN2CCOCC2)C2CC(=O)N(c3ccccc3)C2=O)cc1. The maximum Gasteiger partial charge on any atom is 0.257 e. The summed E-state index contributed by atoms with van der Waals surface area (Å²) < 4.78 is 10.6. The lowest BCUT2D eigenvalue weighted by Gasteiger charge is -2.32. The van der Waals surface area contributed by atoms with Crippen molar-refractivity contribution in [3.8, 4) is 5.75 Å². The number of para-hydroxylation sites is 1. The number of imide groups is 1. The third-order valence-corrected chi connectivity index (χ3v) is 5.87. The van der Waals surface area contributed by atoms with E-state index in [0.717, 1.165) is 13.1 Å². The Morgan fingerprint density at radius 2 is 1.75 bits per heavy atom. The lowest BCUT2D eigenvalue weighted by molar-refractivity contribution is -0.122. The molecule has 2 aliphatic heterocycles. The van der Waals surface area contributed by atoms with Crippen LogP contribution in [-0.2, 0) is 14.3 Å². The minimum Gasteiger partial charge on any atom is -0.497 e. The van der Waals surface area contributed by atoms with Crippen LogP contribution >= 0.6 is 0 Å². The van der Waals surface area contributed by atoms with E-state index in [1.165, 1.54) is 4.90 Å². The average Bonchev–Trinajstić information content (AvgIpc) is 3.14. The standard InChI is InChI=1S/C24H27N3O5/c1-31-20-9-7-18(8-10-20)23(29)26(12-11-25-13-15-32-16-14-25)21-17-22(28)27(24(21)30)19-5-3-2-4-6-19/h2-10,21H,11-17H2,1H3. The van der Waals surface area contributed by atoms with Gasteiger partial charge in [-0.25, -0.2) is 4.90 Å². The second kappa shape index (κ2) is 9.93. The van der Waals surface area contributed by atoms with Crippen molar-refractivity contribution in [2.75, 3.05) is 51.4 Å². The van der Waals surface area contributed by atoms with Gasteiger partial charge in [0, 0.05) is 31.7 Å². The van der Waals surface area contributed by atoms with Gasteiger partial charge < -0.3 is 14.4 Å².